The van der Waals surface area contributed by atoms with Gasteiger partial charge in [-0.1, -0.05) is 155 Å². The largest absolute Gasteiger partial charge is 0.493 e. The number of hydrogen-bond acceptors (Lipinski definition) is 5. The van der Waals surface area contributed by atoms with Crippen LogP contribution in [0.3, 0.4) is 0 Å². The van der Waals surface area contributed by atoms with Crippen LogP contribution in [0.1, 0.15) is 185 Å². The zero-order chi connectivity index (χ0) is 35.8. The second-order valence-corrected chi connectivity index (χ2v) is 14.9. The fraction of sp³-hybridized carbons (Fsp3) is 0.733. The lowest BCUT2D eigenvalue weighted by molar-refractivity contribution is 0.147. The van der Waals surface area contributed by atoms with Crippen molar-refractivity contribution < 1.29 is 23.7 Å². The Morgan fingerprint density at radius 1 is 0.520 bits per heavy atom. The predicted molar refractivity (Wildman–Crippen MR) is 214 cm³/mol. The average molecular weight is 695 g/mol. The van der Waals surface area contributed by atoms with Crippen LogP contribution in [-0.4, -0.2) is 32.5 Å². The lowest BCUT2D eigenvalue weighted by Crippen LogP contribution is -2.05. The highest BCUT2D eigenvalue weighted by molar-refractivity contribution is 6.09. The van der Waals surface area contributed by atoms with Gasteiger partial charge in [0.2, 0.25) is 0 Å². The Hall–Kier alpha value is -2.40. The summed E-state index contributed by atoms with van der Waals surface area (Å²) in [7, 11) is 5.21. The topological polar surface area (TPSA) is 61.1 Å². The normalized spacial score (nSPS) is 12.3. The summed E-state index contributed by atoms with van der Waals surface area (Å²) in [5.41, 5.74) is 4.03. The van der Waals surface area contributed by atoms with Gasteiger partial charge in [-0.25, -0.2) is 0 Å². The number of hydrogen-bond donors (Lipinski definition) is 1. The SMILES string of the molecule is CCCCCCCCCCCCCCCc1c(OC)c(OC)cc2c1oc1c(OC)c(CCCCCCCC(O)CCCCCCC)ccc12. The summed E-state index contributed by atoms with van der Waals surface area (Å²) >= 11 is 0. The van der Waals surface area contributed by atoms with E-state index in [2.05, 4.69) is 32.0 Å². The molecule has 3 aromatic rings. The van der Waals surface area contributed by atoms with E-state index in [4.69, 9.17) is 18.6 Å². The van der Waals surface area contributed by atoms with Crippen molar-refractivity contribution in [2.24, 2.45) is 0 Å². The van der Waals surface area contributed by atoms with Crippen LogP contribution in [0.2, 0.25) is 0 Å². The first-order chi connectivity index (χ1) is 24.6. The lowest BCUT2D eigenvalue weighted by atomic mass is 9.99. The van der Waals surface area contributed by atoms with Crippen molar-refractivity contribution >= 4 is 21.9 Å². The van der Waals surface area contributed by atoms with E-state index in [0.717, 1.165) is 89.7 Å². The smallest absolute Gasteiger partial charge is 0.177 e. The third-order valence-electron chi connectivity index (χ3n) is 10.8. The van der Waals surface area contributed by atoms with Gasteiger partial charge in [-0.2, -0.15) is 0 Å². The lowest BCUT2D eigenvalue weighted by Gasteiger charge is -2.13. The van der Waals surface area contributed by atoms with Crippen LogP contribution >= 0.6 is 0 Å². The number of aliphatic hydroxyl groups excluding tert-OH is 1. The molecule has 0 saturated heterocycles. The van der Waals surface area contributed by atoms with Crippen LogP contribution in [-0.2, 0) is 12.8 Å². The highest BCUT2D eigenvalue weighted by Gasteiger charge is 2.23. The maximum absolute atomic E-state index is 10.3. The molecule has 0 amide bonds. The fourth-order valence-corrected chi connectivity index (χ4v) is 7.71. The number of ether oxygens (including phenoxy) is 3. The molecule has 3 rings (SSSR count). The molecule has 5 nitrogen and oxygen atoms in total. The van der Waals surface area contributed by atoms with E-state index in [9.17, 15) is 5.11 Å². The van der Waals surface area contributed by atoms with Crippen molar-refractivity contribution in [3.63, 3.8) is 0 Å². The molecular weight excluding hydrogens is 620 g/mol. The van der Waals surface area contributed by atoms with Crippen LogP contribution in [0.4, 0.5) is 0 Å². The molecule has 0 saturated carbocycles. The van der Waals surface area contributed by atoms with Gasteiger partial charge < -0.3 is 23.7 Å². The van der Waals surface area contributed by atoms with Gasteiger partial charge in [0.15, 0.2) is 22.8 Å². The van der Waals surface area contributed by atoms with Crippen molar-refractivity contribution in [1.82, 2.24) is 0 Å². The zero-order valence-corrected chi connectivity index (χ0v) is 33.0. The minimum absolute atomic E-state index is 0.119. The van der Waals surface area contributed by atoms with E-state index in [1.54, 1.807) is 21.3 Å². The van der Waals surface area contributed by atoms with Crippen molar-refractivity contribution in [3.8, 4) is 17.2 Å². The monoisotopic (exact) mass is 695 g/mol. The molecule has 284 valence electrons. The first kappa shape index (κ1) is 42.0. The molecule has 1 aromatic heterocycles. The molecule has 0 aliphatic heterocycles. The Balaban J connectivity index is 1.51. The van der Waals surface area contributed by atoms with Crippen molar-refractivity contribution in [3.05, 3.63) is 29.3 Å². The molecule has 1 heterocycles. The van der Waals surface area contributed by atoms with E-state index in [1.807, 2.05) is 0 Å². The molecule has 5 heteroatoms. The molecule has 0 aliphatic carbocycles. The number of furan rings is 1. The van der Waals surface area contributed by atoms with Crippen LogP contribution in [0, 0.1) is 0 Å². The van der Waals surface area contributed by atoms with E-state index in [0.29, 0.717) is 0 Å². The number of methoxy groups -OCH3 is 3. The molecule has 0 spiro atoms. The predicted octanol–water partition coefficient (Wildman–Crippen LogP) is 13.8. The second-order valence-electron chi connectivity index (χ2n) is 14.9. The quantitative estimate of drug-likeness (QED) is 0.0679. The van der Waals surface area contributed by atoms with Crippen LogP contribution in [0.25, 0.3) is 21.9 Å². The molecule has 0 radical (unpaired) electrons. The van der Waals surface area contributed by atoms with Crippen LogP contribution < -0.4 is 14.2 Å². The molecule has 2 aromatic carbocycles. The molecule has 0 aliphatic rings. The van der Waals surface area contributed by atoms with E-state index in [1.165, 1.54) is 134 Å². The van der Waals surface area contributed by atoms with Crippen molar-refractivity contribution in [1.29, 1.82) is 0 Å². The Kier molecular flexibility index (Phi) is 21.5. The Morgan fingerprint density at radius 3 is 1.50 bits per heavy atom. The second kappa shape index (κ2) is 25.5. The molecule has 0 fully saturated rings. The highest BCUT2D eigenvalue weighted by atomic mass is 16.5. The first-order valence-electron chi connectivity index (χ1n) is 20.9. The third-order valence-corrected chi connectivity index (χ3v) is 10.8. The number of rotatable bonds is 31. The summed E-state index contributed by atoms with van der Waals surface area (Å²) in [5.74, 6) is 2.40. The maximum atomic E-state index is 10.3. The third kappa shape index (κ3) is 14.0. The number of benzene rings is 2. The van der Waals surface area contributed by atoms with Gasteiger partial charge in [-0.15, -0.1) is 0 Å². The van der Waals surface area contributed by atoms with E-state index < -0.39 is 0 Å². The standard InChI is InChI=1S/C45H74O5/c1-6-8-10-12-13-14-15-16-17-18-19-24-28-32-39-43-40(35-41(47-3)44(39)49-5)38-34-33-36(42(48-4)45(38)50-43)29-25-22-20-23-27-31-37(46)30-26-21-11-9-7-2/h33-35,37,46H,6-32H2,1-5H3. The van der Waals surface area contributed by atoms with Crippen LogP contribution in [0.5, 0.6) is 17.2 Å². The van der Waals surface area contributed by atoms with Gasteiger partial charge in [0.25, 0.3) is 0 Å². The summed E-state index contributed by atoms with van der Waals surface area (Å²) in [5, 5.41) is 12.5. The van der Waals surface area contributed by atoms with Crippen molar-refractivity contribution in [2.75, 3.05) is 21.3 Å². The van der Waals surface area contributed by atoms with Crippen molar-refractivity contribution in [2.45, 2.75) is 193 Å². The van der Waals surface area contributed by atoms with Gasteiger partial charge in [-0.3, -0.25) is 0 Å². The zero-order valence-electron chi connectivity index (χ0n) is 33.0. The van der Waals surface area contributed by atoms with E-state index in [-0.39, 0.29) is 6.10 Å². The summed E-state index contributed by atoms with van der Waals surface area (Å²) in [4.78, 5) is 0. The minimum atomic E-state index is -0.119. The number of aryl methyl sites for hydroxylation is 2. The van der Waals surface area contributed by atoms with Gasteiger partial charge in [-0.05, 0) is 56.2 Å². The van der Waals surface area contributed by atoms with Gasteiger partial charge in [0.05, 0.1) is 27.4 Å². The number of aliphatic hydroxyl groups is 1. The number of unbranched alkanes of at least 4 members (excludes halogenated alkanes) is 20. The van der Waals surface area contributed by atoms with Gasteiger partial charge in [0.1, 0.15) is 5.58 Å². The maximum Gasteiger partial charge on any atom is 0.177 e. The summed E-state index contributed by atoms with van der Waals surface area (Å²) in [6, 6.07) is 6.48. The minimum Gasteiger partial charge on any atom is -0.493 e. The molecule has 50 heavy (non-hydrogen) atoms. The fourth-order valence-electron chi connectivity index (χ4n) is 7.71. The first-order valence-corrected chi connectivity index (χ1v) is 20.9. The number of fused-ring (bicyclic) bond motifs is 3. The summed E-state index contributed by atoms with van der Waals surface area (Å²) in [6.45, 7) is 4.53. The van der Waals surface area contributed by atoms with Gasteiger partial charge >= 0.3 is 0 Å². The molecular formula is C45H74O5. The molecule has 1 unspecified atom stereocenters. The van der Waals surface area contributed by atoms with Crippen LogP contribution in [0.15, 0.2) is 22.6 Å². The van der Waals surface area contributed by atoms with E-state index >= 15 is 0 Å². The molecule has 0 bridgehead atoms. The Bertz CT molecular complexity index is 1310. The Morgan fingerprint density at radius 2 is 1.00 bits per heavy atom. The van der Waals surface area contributed by atoms with Gasteiger partial charge in [0, 0.05) is 16.3 Å². The molecule has 1 atom stereocenters. The average Bonchev–Trinajstić information content (AvgIpc) is 3.50. The highest BCUT2D eigenvalue weighted by Crippen LogP contribution is 2.45. The summed E-state index contributed by atoms with van der Waals surface area (Å²) < 4.78 is 24.5. The summed E-state index contributed by atoms with van der Waals surface area (Å²) in [6.07, 6.45) is 33.3. The Labute approximate surface area is 306 Å². The molecule has 1 N–H and O–H groups in total.